The van der Waals surface area contributed by atoms with Crippen molar-refractivity contribution in [3.05, 3.63) is 17.0 Å². The molecule has 0 N–H and O–H groups in total. The highest BCUT2D eigenvalue weighted by Crippen LogP contribution is 2.25. The van der Waals surface area contributed by atoms with Crippen LogP contribution >= 0.6 is 11.6 Å². The van der Waals surface area contributed by atoms with E-state index in [4.69, 9.17) is 11.6 Å². The zero-order valence-electron chi connectivity index (χ0n) is 12.5. The van der Waals surface area contributed by atoms with Gasteiger partial charge in [0.1, 0.15) is 16.8 Å². The number of aromatic nitrogens is 2. The average Bonchev–Trinajstić information content (AvgIpc) is 2.12. The molecule has 1 heterocycles. The third-order valence-electron chi connectivity index (χ3n) is 2.45. The van der Waals surface area contributed by atoms with Crippen molar-refractivity contribution in [3.63, 3.8) is 0 Å². The first-order valence-electron chi connectivity index (χ1n) is 6.25. The van der Waals surface area contributed by atoms with Crippen LogP contribution in [0.2, 0.25) is 5.15 Å². The van der Waals surface area contributed by atoms with Crippen LogP contribution in [0, 0.1) is 5.41 Å². The Hall–Kier alpha value is -0.830. The van der Waals surface area contributed by atoms with E-state index in [2.05, 4.69) is 56.4 Å². The average molecular weight is 270 g/mol. The van der Waals surface area contributed by atoms with Crippen molar-refractivity contribution in [2.24, 2.45) is 5.41 Å². The van der Waals surface area contributed by atoms with E-state index in [9.17, 15) is 0 Å². The molecule has 0 radical (unpaired) electrons. The summed E-state index contributed by atoms with van der Waals surface area (Å²) in [5, 5.41) is 0.505. The Bertz CT molecular complexity index is 416. The van der Waals surface area contributed by atoms with Gasteiger partial charge in [-0.2, -0.15) is 0 Å². The highest BCUT2D eigenvalue weighted by molar-refractivity contribution is 6.29. The summed E-state index contributed by atoms with van der Waals surface area (Å²) in [6, 6.07) is 1.82. The maximum atomic E-state index is 6.09. The molecular weight excluding hydrogens is 246 g/mol. The van der Waals surface area contributed by atoms with E-state index in [1.165, 1.54) is 0 Å². The Morgan fingerprint density at radius 3 is 2.11 bits per heavy atom. The maximum Gasteiger partial charge on any atom is 0.137 e. The van der Waals surface area contributed by atoms with Crippen LogP contribution in [0.3, 0.4) is 0 Å². The Morgan fingerprint density at radius 1 is 1.11 bits per heavy atom. The second-order valence-electron chi connectivity index (χ2n) is 7.04. The van der Waals surface area contributed by atoms with Crippen LogP contribution in [-0.4, -0.2) is 23.6 Å². The van der Waals surface area contributed by atoms with Gasteiger partial charge in [-0.15, -0.1) is 0 Å². The standard InChI is InChI=1S/C14H24ClN3/c1-13(2,3)9-18(7)11-8-10(15)16-12(17-11)14(4,5)6/h8H,9H2,1-7H3. The SMILES string of the molecule is CN(CC(C)(C)C)c1cc(Cl)nc(C(C)(C)C)n1. The molecule has 0 saturated heterocycles. The number of nitrogens with zero attached hydrogens (tertiary/aromatic N) is 3. The molecule has 0 aliphatic carbocycles. The minimum atomic E-state index is -0.0950. The molecule has 0 fully saturated rings. The molecule has 3 nitrogen and oxygen atoms in total. The molecule has 0 unspecified atom stereocenters. The lowest BCUT2D eigenvalue weighted by molar-refractivity contribution is 0.417. The van der Waals surface area contributed by atoms with Crippen LogP contribution in [0.5, 0.6) is 0 Å². The van der Waals surface area contributed by atoms with Gasteiger partial charge in [0.2, 0.25) is 0 Å². The summed E-state index contributed by atoms with van der Waals surface area (Å²) in [5.74, 6) is 1.67. The van der Waals surface area contributed by atoms with E-state index in [1.807, 2.05) is 13.1 Å². The van der Waals surface area contributed by atoms with Crippen molar-refractivity contribution in [1.82, 2.24) is 9.97 Å². The number of halogens is 1. The first-order chi connectivity index (χ1) is 7.99. The van der Waals surface area contributed by atoms with Crippen molar-refractivity contribution < 1.29 is 0 Å². The lowest BCUT2D eigenvalue weighted by Crippen LogP contribution is -2.30. The molecule has 102 valence electrons. The summed E-state index contributed by atoms with van der Waals surface area (Å²) in [4.78, 5) is 11.1. The van der Waals surface area contributed by atoms with Crippen molar-refractivity contribution >= 4 is 17.4 Å². The van der Waals surface area contributed by atoms with E-state index < -0.39 is 0 Å². The molecule has 4 heteroatoms. The highest BCUT2D eigenvalue weighted by Gasteiger charge is 2.21. The minimum absolute atomic E-state index is 0.0950. The predicted octanol–water partition coefficient (Wildman–Crippen LogP) is 3.91. The molecule has 0 aliphatic heterocycles. The number of rotatable bonds is 2. The van der Waals surface area contributed by atoms with Crippen molar-refractivity contribution in [2.45, 2.75) is 47.0 Å². The molecule has 0 spiro atoms. The van der Waals surface area contributed by atoms with Crippen molar-refractivity contribution in [1.29, 1.82) is 0 Å². The van der Waals surface area contributed by atoms with Gasteiger partial charge in [0, 0.05) is 25.1 Å². The van der Waals surface area contributed by atoms with Crippen molar-refractivity contribution in [3.8, 4) is 0 Å². The summed E-state index contributed by atoms with van der Waals surface area (Å²) >= 11 is 6.09. The van der Waals surface area contributed by atoms with E-state index in [1.54, 1.807) is 0 Å². The maximum absolute atomic E-state index is 6.09. The first-order valence-corrected chi connectivity index (χ1v) is 6.63. The molecule has 18 heavy (non-hydrogen) atoms. The third-order valence-corrected chi connectivity index (χ3v) is 2.65. The Balaban J connectivity index is 3.07. The fraction of sp³-hybridized carbons (Fsp3) is 0.714. The normalized spacial score (nSPS) is 12.7. The largest absolute Gasteiger partial charge is 0.359 e. The Kier molecular flexibility index (Phi) is 4.26. The molecule has 0 aliphatic rings. The van der Waals surface area contributed by atoms with Gasteiger partial charge in [-0.05, 0) is 5.41 Å². The van der Waals surface area contributed by atoms with Gasteiger partial charge in [0.25, 0.3) is 0 Å². The molecule has 1 aromatic heterocycles. The predicted molar refractivity (Wildman–Crippen MR) is 78.5 cm³/mol. The fourth-order valence-corrected chi connectivity index (χ4v) is 1.91. The molecule has 1 rings (SSSR count). The smallest absolute Gasteiger partial charge is 0.137 e. The highest BCUT2D eigenvalue weighted by atomic mass is 35.5. The zero-order valence-corrected chi connectivity index (χ0v) is 13.3. The molecule has 1 aromatic rings. The van der Waals surface area contributed by atoms with Crippen LogP contribution < -0.4 is 4.90 Å². The van der Waals surface area contributed by atoms with Gasteiger partial charge >= 0.3 is 0 Å². The minimum Gasteiger partial charge on any atom is -0.359 e. The summed E-state index contributed by atoms with van der Waals surface area (Å²) in [6.45, 7) is 13.8. The molecule has 0 atom stereocenters. The van der Waals surface area contributed by atoms with Crippen LogP contribution in [-0.2, 0) is 5.41 Å². The van der Waals surface area contributed by atoms with Gasteiger partial charge in [-0.25, -0.2) is 9.97 Å². The molecule has 0 amide bonds. The lowest BCUT2D eigenvalue weighted by Gasteiger charge is -2.28. The lowest BCUT2D eigenvalue weighted by atomic mass is 9.95. The van der Waals surface area contributed by atoms with Crippen LogP contribution in [0.15, 0.2) is 6.07 Å². The molecular formula is C14H24ClN3. The quantitative estimate of drug-likeness (QED) is 0.763. The van der Waals surface area contributed by atoms with E-state index in [0.717, 1.165) is 18.2 Å². The van der Waals surface area contributed by atoms with Crippen LogP contribution in [0.4, 0.5) is 5.82 Å². The fourth-order valence-electron chi connectivity index (χ4n) is 1.73. The topological polar surface area (TPSA) is 29.0 Å². The number of hydrogen-bond donors (Lipinski definition) is 0. The first kappa shape index (κ1) is 15.2. The summed E-state index contributed by atoms with van der Waals surface area (Å²) < 4.78 is 0. The van der Waals surface area contributed by atoms with Gasteiger partial charge in [0.05, 0.1) is 0 Å². The second-order valence-corrected chi connectivity index (χ2v) is 7.43. The monoisotopic (exact) mass is 269 g/mol. The molecule has 0 bridgehead atoms. The van der Waals surface area contributed by atoms with Crippen LogP contribution in [0.25, 0.3) is 0 Å². The summed E-state index contributed by atoms with van der Waals surface area (Å²) in [6.07, 6.45) is 0. The Morgan fingerprint density at radius 2 is 1.67 bits per heavy atom. The van der Waals surface area contributed by atoms with E-state index in [0.29, 0.717) is 5.15 Å². The van der Waals surface area contributed by atoms with Crippen LogP contribution in [0.1, 0.15) is 47.4 Å². The van der Waals surface area contributed by atoms with Gasteiger partial charge in [0.15, 0.2) is 0 Å². The molecule has 0 aromatic carbocycles. The number of hydrogen-bond acceptors (Lipinski definition) is 3. The van der Waals surface area contributed by atoms with Gasteiger partial charge < -0.3 is 4.90 Å². The van der Waals surface area contributed by atoms with E-state index in [-0.39, 0.29) is 10.8 Å². The third kappa shape index (κ3) is 4.45. The number of anilines is 1. The van der Waals surface area contributed by atoms with Crippen molar-refractivity contribution in [2.75, 3.05) is 18.5 Å². The molecule has 0 saturated carbocycles. The van der Waals surface area contributed by atoms with Gasteiger partial charge in [-0.3, -0.25) is 0 Å². The van der Waals surface area contributed by atoms with E-state index >= 15 is 0 Å². The zero-order chi connectivity index (χ0) is 14.1. The summed E-state index contributed by atoms with van der Waals surface area (Å²) in [5.41, 5.74) is 0.121. The Labute approximate surface area is 116 Å². The second kappa shape index (κ2) is 5.04. The summed E-state index contributed by atoms with van der Waals surface area (Å²) in [7, 11) is 2.04. The van der Waals surface area contributed by atoms with Gasteiger partial charge in [-0.1, -0.05) is 53.1 Å².